The van der Waals surface area contributed by atoms with E-state index in [4.69, 9.17) is 0 Å². The van der Waals surface area contributed by atoms with Crippen molar-refractivity contribution in [2.45, 2.75) is 73.1 Å². The highest BCUT2D eigenvalue weighted by molar-refractivity contribution is 5.04. The topological polar surface area (TPSA) is 88.0 Å². The standard InChI is InChI=1S/C19H28N4O4/c1-5-8-22-16(24)14(3)12-20(18(22)26)10-7-11-21-13-15(4)17(25)23(9-6-2)19(21)27/h12-13H,5-11H2,1-4H3. The molecule has 8 heteroatoms. The Balaban J connectivity index is 2.25. The van der Waals surface area contributed by atoms with Crippen molar-refractivity contribution >= 4 is 0 Å². The molecular formula is C19H28N4O4. The quantitative estimate of drug-likeness (QED) is 0.684. The molecule has 8 nitrogen and oxygen atoms in total. The van der Waals surface area contributed by atoms with E-state index in [-0.39, 0.29) is 22.5 Å². The van der Waals surface area contributed by atoms with E-state index in [1.54, 1.807) is 26.2 Å². The van der Waals surface area contributed by atoms with Gasteiger partial charge >= 0.3 is 11.4 Å². The van der Waals surface area contributed by atoms with Crippen LogP contribution in [0.4, 0.5) is 0 Å². The second-order valence-corrected chi connectivity index (χ2v) is 6.84. The zero-order chi connectivity index (χ0) is 20.1. The van der Waals surface area contributed by atoms with Crippen LogP contribution < -0.4 is 22.5 Å². The summed E-state index contributed by atoms with van der Waals surface area (Å²) in [4.78, 5) is 49.2. The van der Waals surface area contributed by atoms with Crippen LogP contribution in [0, 0.1) is 13.8 Å². The molecule has 148 valence electrons. The first-order chi connectivity index (χ1) is 12.8. The monoisotopic (exact) mass is 376 g/mol. The van der Waals surface area contributed by atoms with Crippen LogP contribution in [0.25, 0.3) is 0 Å². The van der Waals surface area contributed by atoms with Crippen molar-refractivity contribution in [1.29, 1.82) is 0 Å². The van der Waals surface area contributed by atoms with E-state index in [1.807, 2.05) is 13.8 Å². The van der Waals surface area contributed by atoms with Crippen molar-refractivity contribution in [2.75, 3.05) is 0 Å². The lowest BCUT2D eigenvalue weighted by Crippen LogP contribution is -2.42. The molecule has 0 N–H and O–H groups in total. The predicted molar refractivity (Wildman–Crippen MR) is 105 cm³/mol. The van der Waals surface area contributed by atoms with Gasteiger partial charge in [-0.25, -0.2) is 9.59 Å². The third-order valence-electron chi connectivity index (χ3n) is 4.51. The average molecular weight is 376 g/mol. The molecule has 0 aromatic carbocycles. The number of rotatable bonds is 8. The zero-order valence-electron chi connectivity index (χ0n) is 16.5. The number of aryl methyl sites for hydroxylation is 4. The molecule has 2 heterocycles. The summed E-state index contributed by atoms with van der Waals surface area (Å²) in [7, 11) is 0. The molecule has 0 radical (unpaired) electrons. The first-order valence-electron chi connectivity index (χ1n) is 9.43. The van der Waals surface area contributed by atoms with E-state index in [1.165, 1.54) is 18.3 Å². The fourth-order valence-corrected chi connectivity index (χ4v) is 3.17. The van der Waals surface area contributed by atoms with Gasteiger partial charge in [0.15, 0.2) is 0 Å². The molecular weight excluding hydrogens is 348 g/mol. The highest BCUT2D eigenvalue weighted by atomic mass is 16.2. The molecule has 0 aliphatic heterocycles. The van der Waals surface area contributed by atoms with Gasteiger partial charge in [-0.3, -0.25) is 18.7 Å². The molecule has 2 rings (SSSR count). The van der Waals surface area contributed by atoms with Crippen LogP contribution in [0.2, 0.25) is 0 Å². The van der Waals surface area contributed by atoms with Gasteiger partial charge in [-0.05, 0) is 33.1 Å². The molecule has 2 aromatic rings. The minimum Gasteiger partial charge on any atom is -0.300 e. The van der Waals surface area contributed by atoms with Gasteiger partial charge in [0.05, 0.1) is 0 Å². The van der Waals surface area contributed by atoms with E-state index in [2.05, 4.69) is 0 Å². The fourth-order valence-electron chi connectivity index (χ4n) is 3.17. The Kier molecular flexibility index (Phi) is 6.76. The maximum atomic E-state index is 12.5. The van der Waals surface area contributed by atoms with E-state index < -0.39 is 0 Å². The molecule has 27 heavy (non-hydrogen) atoms. The Morgan fingerprint density at radius 2 is 1.04 bits per heavy atom. The summed E-state index contributed by atoms with van der Waals surface area (Å²) in [5.41, 5.74) is -0.118. The van der Waals surface area contributed by atoms with E-state index in [9.17, 15) is 19.2 Å². The van der Waals surface area contributed by atoms with Crippen LogP contribution in [0.3, 0.4) is 0 Å². The van der Waals surface area contributed by atoms with Crippen LogP contribution in [0.15, 0.2) is 31.6 Å². The van der Waals surface area contributed by atoms with Gasteiger partial charge < -0.3 is 9.13 Å². The first-order valence-corrected chi connectivity index (χ1v) is 9.43. The summed E-state index contributed by atoms with van der Waals surface area (Å²) in [5.74, 6) is 0. The zero-order valence-corrected chi connectivity index (χ0v) is 16.5. The summed E-state index contributed by atoms with van der Waals surface area (Å²) in [6, 6.07) is 0. The molecule has 0 amide bonds. The van der Waals surface area contributed by atoms with Crippen LogP contribution in [-0.4, -0.2) is 18.3 Å². The second-order valence-electron chi connectivity index (χ2n) is 6.84. The molecule has 0 fully saturated rings. The summed E-state index contributed by atoms with van der Waals surface area (Å²) < 4.78 is 5.55. The van der Waals surface area contributed by atoms with Crippen LogP contribution in [-0.2, 0) is 26.2 Å². The number of hydrogen-bond acceptors (Lipinski definition) is 4. The van der Waals surface area contributed by atoms with Crippen molar-refractivity contribution in [3.8, 4) is 0 Å². The Morgan fingerprint density at radius 1 is 0.667 bits per heavy atom. The fraction of sp³-hybridized carbons (Fsp3) is 0.579. The highest BCUT2D eigenvalue weighted by Crippen LogP contribution is 1.96. The lowest BCUT2D eigenvalue weighted by Gasteiger charge is -2.13. The van der Waals surface area contributed by atoms with E-state index >= 15 is 0 Å². The maximum absolute atomic E-state index is 12.5. The third-order valence-corrected chi connectivity index (χ3v) is 4.51. The summed E-state index contributed by atoms with van der Waals surface area (Å²) in [6.07, 6.45) is 5.08. The SMILES string of the molecule is CCCn1c(=O)c(C)cn(CCCn2cc(C)c(=O)n(CCC)c2=O)c1=O. The van der Waals surface area contributed by atoms with E-state index in [0.717, 1.165) is 0 Å². The number of hydrogen-bond donors (Lipinski definition) is 0. The smallest absolute Gasteiger partial charge is 0.300 e. The Bertz CT molecular complexity index is 956. The van der Waals surface area contributed by atoms with Gasteiger partial charge in [0.1, 0.15) is 0 Å². The van der Waals surface area contributed by atoms with Gasteiger partial charge in [-0.2, -0.15) is 0 Å². The number of nitrogens with zero attached hydrogens (tertiary/aromatic N) is 4. The molecule has 0 unspecified atom stereocenters. The normalized spacial score (nSPS) is 11.1. The average Bonchev–Trinajstić information content (AvgIpc) is 2.64. The highest BCUT2D eigenvalue weighted by Gasteiger charge is 2.10. The van der Waals surface area contributed by atoms with Crippen molar-refractivity contribution in [3.05, 3.63) is 65.2 Å². The van der Waals surface area contributed by atoms with E-state index in [0.29, 0.717) is 56.6 Å². The molecule has 0 bridgehead atoms. The van der Waals surface area contributed by atoms with Crippen LogP contribution >= 0.6 is 0 Å². The van der Waals surface area contributed by atoms with Crippen molar-refractivity contribution < 1.29 is 0 Å². The molecule has 0 spiro atoms. The molecule has 0 atom stereocenters. The lowest BCUT2D eigenvalue weighted by atomic mass is 10.3. The van der Waals surface area contributed by atoms with Gasteiger partial charge in [0.2, 0.25) is 0 Å². The molecule has 0 saturated carbocycles. The Labute approximate surface area is 157 Å². The van der Waals surface area contributed by atoms with Gasteiger partial charge in [-0.15, -0.1) is 0 Å². The molecule has 0 aliphatic rings. The van der Waals surface area contributed by atoms with Crippen molar-refractivity contribution in [1.82, 2.24) is 18.3 Å². The van der Waals surface area contributed by atoms with Crippen LogP contribution in [0.1, 0.15) is 44.2 Å². The third kappa shape index (κ3) is 4.37. The Hall–Kier alpha value is -2.64. The maximum Gasteiger partial charge on any atom is 0.330 e. The van der Waals surface area contributed by atoms with Gasteiger partial charge in [0.25, 0.3) is 11.1 Å². The molecule has 2 aromatic heterocycles. The van der Waals surface area contributed by atoms with Crippen molar-refractivity contribution in [3.63, 3.8) is 0 Å². The van der Waals surface area contributed by atoms with Crippen molar-refractivity contribution in [2.24, 2.45) is 0 Å². The molecule has 0 saturated heterocycles. The summed E-state index contributed by atoms with van der Waals surface area (Å²) in [6.45, 7) is 8.78. The minimum atomic E-state index is -0.327. The first kappa shape index (κ1) is 20.7. The van der Waals surface area contributed by atoms with Gasteiger partial charge in [-0.1, -0.05) is 13.8 Å². The largest absolute Gasteiger partial charge is 0.330 e. The minimum absolute atomic E-state index is 0.253. The summed E-state index contributed by atoms with van der Waals surface area (Å²) >= 11 is 0. The predicted octanol–water partition coefficient (Wildman–Crippen LogP) is 0.861. The lowest BCUT2D eigenvalue weighted by molar-refractivity contribution is 0.478. The Morgan fingerprint density at radius 3 is 1.37 bits per heavy atom. The van der Waals surface area contributed by atoms with Gasteiger partial charge in [0, 0.05) is 49.7 Å². The summed E-state index contributed by atoms with van der Waals surface area (Å²) in [5, 5.41) is 0. The molecule has 0 aliphatic carbocycles. The number of aromatic nitrogens is 4. The van der Waals surface area contributed by atoms with Crippen LogP contribution in [0.5, 0.6) is 0 Å². The second kappa shape index (κ2) is 8.83.